The fraction of sp³-hybridized carbons (Fsp3) is 0.688. The van der Waals surface area contributed by atoms with Gasteiger partial charge in [-0.15, -0.1) is 0 Å². The minimum absolute atomic E-state index is 0.826. The topological polar surface area (TPSA) is 45.4 Å². The zero-order chi connectivity index (χ0) is 13.8. The molecule has 0 atom stereocenters. The van der Waals surface area contributed by atoms with Crippen molar-refractivity contribution in [2.24, 2.45) is 5.92 Å². The van der Waals surface area contributed by atoms with E-state index >= 15 is 0 Å². The van der Waals surface area contributed by atoms with Gasteiger partial charge in [0.1, 0.15) is 0 Å². The molecule has 2 fully saturated rings. The Hall–Kier alpha value is -1.13. The van der Waals surface area contributed by atoms with Crippen LogP contribution >= 0.6 is 0 Å². The lowest BCUT2D eigenvalue weighted by atomic mass is 9.96. The third kappa shape index (κ3) is 3.49. The molecule has 1 aromatic heterocycles. The van der Waals surface area contributed by atoms with E-state index in [0.29, 0.717) is 0 Å². The first kappa shape index (κ1) is 13.8. The second-order valence-electron chi connectivity index (χ2n) is 6.27. The molecular weight excluding hydrogens is 248 g/mol. The van der Waals surface area contributed by atoms with Crippen molar-refractivity contribution in [3.05, 3.63) is 24.0 Å². The van der Waals surface area contributed by atoms with Gasteiger partial charge in [0.25, 0.3) is 0 Å². The molecule has 0 saturated carbocycles. The zero-order valence-electron chi connectivity index (χ0n) is 12.3. The quantitative estimate of drug-likeness (QED) is 0.912. The molecule has 2 aliphatic rings. The van der Waals surface area contributed by atoms with E-state index in [9.17, 15) is 0 Å². The van der Waals surface area contributed by atoms with Crippen molar-refractivity contribution < 1.29 is 0 Å². The minimum atomic E-state index is 0.826. The maximum absolute atomic E-state index is 5.98. The predicted octanol–water partition coefficient (Wildman–Crippen LogP) is 1.97. The van der Waals surface area contributed by atoms with Gasteiger partial charge in [0, 0.05) is 19.3 Å². The molecule has 0 aromatic carbocycles. The van der Waals surface area contributed by atoms with E-state index in [-0.39, 0.29) is 0 Å². The summed E-state index contributed by atoms with van der Waals surface area (Å²) in [6.07, 6.45) is 7.29. The highest BCUT2D eigenvalue weighted by molar-refractivity contribution is 5.41. The Labute approximate surface area is 122 Å². The molecule has 4 heteroatoms. The molecule has 0 unspecified atom stereocenters. The van der Waals surface area contributed by atoms with E-state index in [0.717, 1.165) is 23.8 Å². The van der Waals surface area contributed by atoms with E-state index in [1.807, 2.05) is 18.3 Å². The summed E-state index contributed by atoms with van der Waals surface area (Å²) >= 11 is 0. The molecule has 3 heterocycles. The Morgan fingerprint density at radius 2 is 1.85 bits per heavy atom. The standard InChI is InChI=1S/C16H26N4/c17-15-4-3-7-18-16(15)13-20-10-5-14(6-11-20)12-19-8-1-2-9-19/h3-4,7,14H,1-2,5-6,8-13,17H2. The fourth-order valence-corrected chi connectivity index (χ4v) is 3.45. The first-order valence-corrected chi connectivity index (χ1v) is 7.95. The van der Waals surface area contributed by atoms with Crippen LogP contribution in [-0.2, 0) is 6.54 Å². The summed E-state index contributed by atoms with van der Waals surface area (Å²) < 4.78 is 0. The number of anilines is 1. The molecule has 0 amide bonds. The summed E-state index contributed by atoms with van der Waals surface area (Å²) in [6, 6.07) is 3.85. The SMILES string of the molecule is Nc1cccnc1CN1CCC(CN2CCCC2)CC1. The molecule has 4 nitrogen and oxygen atoms in total. The normalized spacial score (nSPS) is 22.4. The van der Waals surface area contributed by atoms with E-state index in [1.165, 1.54) is 58.4 Å². The van der Waals surface area contributed by atoms with Crippen molar-refractivity contribution in [3.8, 4) is 0 Å². The first-order chi connectivity index (χ1) is 9.81. The van der Waals surface area contributed by atoms with Crippen LogP contribution in [0.25, 0.3) is 0 Å². The van der Waals surface area contributed by atoms with Gasteiger partial charge in [-0.05, 0) is 69.9 Å². The zero-order valence-corrected chi connectivity index (χ0v) is 12.3. The van der Waals surface area contributed by atoms with Crippen LogP contribution in [-0.4, -0.2) is 47.5 Å². The molecular formula is C16H26N4. The molecule has 2 N–H and O–H groups in total. The summed E-state index contributed by atoms with van der Waals surface area (Å²) in [5.41, 5.74) is 7.84. The van der Waals surface area contributed by atoms with E-state index in [2.05, 4.69) is 14.8 Å². The average Bonchev–Trinajstić information content (AvgIpc) is 2.96. The third-order valence-corrected chi connectivity index (χ3v) is 4.72. The Bertz CT molecular complexity index is 420. The number of nitrogens with two attached hydrogens (primary N) is 1. The lowest BCUT2D eigenvalue weighted by molar-refractivity contribution is 0.148. The van der Waals surface area contributed by atoms with Crippen molar-refractivity contribution in [3.63, 3.8) is 0 Å². The van der Waals surface area contributed by atoms with Crippen LogP contribution in [0.3, 0.4) is 0 Å². The molecule has 2 saturated heterocycles. The number of nitrogens with zero attached hydrogens (tertiary/aromatic N) is 3. The molecule has 20 heavy (non-hydrogen) atoms. The van der Waals surface area contributed by atoms with Crippen LogP contribution in [0.4, 0.5) is 5.69 Å². The maximum Gasteiger partial charge on any atom is 0.0772 e. The Balaban J connectivity index is 1.45. The average molecular weight is 274 g/mol. The van der Waals surface area contributed by atoms with Gasteiger partial charge in [-0.3, -0.25) is 9.88 Å². The van der Waals surface area contributed by atoms with Crippen LogP contribution in [0.5, 0.6) is 0 Å². The van der Waals surface area contributed by atoms with Crippen LogP contribution in [0.1, 0.15) is 31.4 Å². The minimum Gasteiger partial charge on any atom is -0.397 e. The Kier molecular flexibility index (Phi) is 4.53. The van der Waals surface area contributed by atoms with E-state index < -0.39 is 0 Å². The van der Waals surface area contributed by atoms with Gasteiger partial charge < -0.3 is 10.6 Å². The lowest BCUT2D eigenvalue weighted by Gasteiger charge is -2.33. The second-order valence-corrected chi connectivity index (χ2v) is 6.27. The monoisotopic (exact) mass is 274 g/mol. The Morgan fingerprint density at radius 1 is 1.10 bits per heavy atom. The van der Waals surface area contributed by atoms with Crippen molar-refractivity contribution in [2.75, 3.05) is 38.5 Å². The number of nitrogen functional groups attached to an aromatic ring is 1. The smallest absolute Gasteiger partial charge is 0.0772 e. The van der Waals surface area contributed by atoms with Crippen LogP contribution in [0.2, 0.25) is 0 Å². The summed E-state index contributed by atoms with van der Waals surface area (Å²) in [4.78, 5) is 9.55. The van der Waals surface area contributed by atoms with Gasteiger partial charge in [-0.2, -0.15) is 0 Å². The fourth-order valence-electron chi connectivity index (χ4n) is 3.45. The molecule has 2 aliphatic heterocycles. The molecule has 0 radical (unpaired) electrons. The second kappa shape index (κ2) is 6.55. The summed E-state index contributed by atoms with van der Waals surface area (Å²) in [7, 11) is 0. The molecule has 1 aromatic rings. The highest BCUT2D eigenvalue weighted by Gasteiger charge is 2.23. The first-order valence-electron chi connectivity index (χ1n) is 7.95. The van der Waals surface area contributed by atoms with Gasteiger partial charge in [0.05, 0.1) is 11.4 Å². The number of aromatic nitrogens is 1. The van der Waals surface area contributed by atoms with Crippen molar-refractivity contribution in [1.29, 1.82) is 0 Å². The summed E-state index contributed by atoms with van der Waals surface area (Å²) in [5, 5.41) is 0. The van der Waals surface area contributed by atoms with Crippen molar-refractivity contribution in [2.45, 2.75) is 32.2 Å². The van der Waals surface area contributed by atoms with Gasteiger partial charge in [0.15, 0.2) is 0 Å². The van der Waals surface area contributed by atoms with Crippen LogP contribution < -0.4 is 5.73 Å². The number of rotatable bonds is 4. The molecule has 0 aliphatic carbocycles. The van der Waals surface area contributed by atoms with Crippen molar-refractivity contribution >= 4 is 5.69 Å². The third-order valence-electron chi connectivity index (χ3n) is 4.72. The Morgan fingerprint density at radius 3 is 2.55 bits per heavy atom. The lowest BCUT2D eigenvalue weighted by Crippen LogP contribution is -2.38. The highest BCUT2D eigenvalue weighted by Crippen LogP contribution is 2.22. The van der Waals surface area contributed by atoms with E-state index in [1.54, 1.807) is 0 Å². The molecule has 110 valence electrons. The van der Waals surface area contributed by atoms with Gasteiger partial charge in [-0.1, -0.05) is 0 Å². The van der Waals surface area contributed by atoms with Gasteiger partial charge in [0.2, 0.25) is 0 Å². The molecule has 3 rings (SSSR count). The van der Waals surface area contributed by atoms with Crippen molar-refractivity contribution in [1.82, 2.24) is 14.8 Å². The largest absolute Gasteiger partial charge is 0.397 e. The van der Waals surface area contributed by atoms with Crippen LogP contribution in [0, 0.1) is 5.92 Å². The number of hydrogen-bond donors (Lipinski definition) is 1. The van der Waals surface area contributed by atoms with Gasteiger partial charge in [-0.25, -0.2) is 0 Å². The molecule has 0 bridgehead atoms. The summed E-state index contributed by atoms with van der Waals surface area (Å²) in [5.74, 6) is 0.894. The predicted molar refractivity (Wildman–Crippen MR) is 82.3 cm³/mol. The van der Waals surface area contributed by atoms with E-state index in [4.69, 9.17) is 5.73 Å². The summed E-state index contributed by atoms with van der Waals surface area (Å²) in [6.45, 7) is 7.25. The number of likely N-dealkylation sites (tertiary alicyclic amines) is 2. The highest BCUT2D eigenvalue weighted by atomic mass is 15.2. The number of piperidine rings is 1. The van der Waals surface area contributed by atoms with Gasteiger partial charge >= 0.3 is 0 Å². The maximum atomic E-state index is 5.98. The molecule has 0 spiro atoms. The number of pyridine rings is 1. The van der Waals surface area contributed by atoms with Crippen LogP contribution in [0.15, 0.2) is 18.3 Å². The number of hydrogen-bond acceptors (Lipinski definition) is 4.